The third-order valence-corrected chi connectivity index (χ3v) is 4.62. The third-order valence-electron chi connectivity index (χ3n) is 4.62. The molecule has 0 spiro atoms. The van der Waals surface area contributed by atoms with Crippen LogP contribution in [0.15, 0.2) is 6.20 Å². The molecule has 2 saturated heterocycles. The quantitative estimate of drug-likeness (QED) is 0.763. The molecule has 21 heavy (non-hydrogen) atoms. The lowest BCUT2D eigenvalue weighted by Crippen LogP contribution is -2.41. The Hall–Kier alpha value is -1.96. The summed E-state index contributed by atoms with van der Waals surface area (Å²) in [5.41, 5.74) is 0.693. The lowest BCUT2D eigenvalue weighted by atomic mass is 9.89. The van der Waals surface area contributed by atoms with E-state index in [0.29, 0.717) is 11.5 Å². The summed E-state index contributed by atoms with van der Waals surface area (Å²) >= 11 is 0. The largest absolute Gasteiger partial charge is 0.340 e. The highest BCUT2D eigenvalue weighted by Gasteiger charge is 2.29. The SMILES string of the molecule is c1n[nH]nc1-c1nc(N2CCC(C3CCCN3)CC2)n[nH]1. The van der Waals surface area contributed by atoms with Crippen molar-refractivity contribution in [1.82, 2.24) is 35.9 Å². The summed E-state index contributed by atoms with van der Waals surface area (Å²) in [5, 5.41) is 21.3. The van der Waals surface area contributed by atoms with E-state index in [1.54, 1.807) is 6.20 Å². The Balaban J connectivity index is 1.39. The number of nitrogens with zero attached hydrogens (tertiary/aromatic N) is 5. The maximum atomic E-state index is 4.52. The molecule has 0 aliphatic carbocycles. The van der Waals surface area contributed by atoms with Crippen LogP contribution in [0.25, 0.3) is 11.5 Å². The van der Waals surface area contributed by atoms with E-state index in [4.69, 9.17) is 0 Å². The van der Waals surface area contributed by atoms with E-state index in [9.17, 15) is 0 Å². The molecule has 2 aromatic heterocycles. The monoisotopic (exact) mass is 288 g/mol. The van der Waals surface area contributed by atoms with E-state index in [0.717, 1.165) is 31.0 Å². The number of rotatable bonds is 3. The summed E-state index contributed by atoms with van der Waals surface area (Å²) in [4.78, 5) is 6.78. The predicted molar refractivity (Wildman–Crippen MR) is 77.7 cm³/mol. The van der Waals surface area contributed by atoms with Gasteiger partial charge in [0.1, 0.15) is 5.69 Å². The lowest BCUT2D eigenvalue weighted by Gasteiger charge is -2.34. The molecule has 2 fully saturated rings. The summed E-state index contributed by atoms with van der Waals surface area (Å²) in [6.45, 7) is 3.24. The molecule has 1 unspecified atom stereocenters. The Morgan fingerprint density at radius 3 is 2.76 bits per heavy atom. The van der Waals surface area contributed by atoms with Crippen molar-refractivity contribution in [1.29, 1.82) is 0 Å². The van der Waals surface area contributed by atoms with Gasteiger partial charge in [-0.15, -0.1) is 5.10 Å². The maximum absolute atomic E-state index is 4.52. The van der Waals surface area contributed by atoms with Crippen molar-refractivity contribution in [3.05, 3.63) is 6.20 Å². The highest BCUT2D eigenvalue weighted by molar-refractivity contribution is 5.49. The van der Waals surface area contributed by atoms with Crippen LogP contribution in [0.5, 0.6) is 0 Å². The first-order valence-corrected chi connectivity index (χ1v) is 7.67. The van der Waals surface area contributed by atoms with Gasteiger partial charge in [0, 0.05) is 19.1 Å². The van der Waals surface area contributed by atoms with Crippen LogP contribution in [-0.2, 0) is 0 Å². The summed E-state index contributed by atoms with van der Waals surface area (Å²) in [6.07, 6.45) is 6.73. The number of aromatic nitrogens is 6. The van der Waals surface area contributed by atoms with Gasteiger partial charge >= 0.3 is 0 Å². The second-order valence-corrected chi connectivity index (χ2v) is 5.87. The number of piperidine rings is 1. The van der Waals surface area contributed by atoms with E-state index in [1.165, 1.54) is 32.2 Å². The second-order valence-electron chi connectivity index (χ2n) is 5.87. The van der Waals surface area contributed by atoms with Crippen LogP contribution < -0.4 is 10.2 Å². The molecule has 0 amide bonds. The van der Waals surface area contributed by atoms with Crippen LogP contribution >= 0.6 is 0 Å². The molecule has 112 valence electrons. The summed E-state index contributed by atoms with van der Waals surface area (Å²) in [7, 11) is 0. The fraction of sp³-hybridized carbons (Fsp3) is 0.692. The Kier molecular flexibility index (Phi) is 3.30. The number of aromatic amines is 2. The minimum atomic E-state index is 0.665. The van der Waals surface area contributed by atoms with Crippen LogP contribution in [0.2, 0.25) is 0 Å². The van der Waals surface area contributed by atoms with Crippen molar-refractivity contribution < 1.29 is 0 Å². The fourth-order valence-electron chi connectivity index (χ4n) is 3.44. The maximum Gasteiger partial charge on any atom is 0.245 e. The standard InChI is InChI=1S/C13H20N8/c1-2-10(14-5-1)9-3-6-21(7-4-9)13-16-12(18-19-13)11-8-15-20-17-11/h8-10,14H,1-7H2,(H,15,17,20)(H,16,18,19). The second kappa shape index (κ2) is 5.44. The third kappa shape index (κ3) is 2.51. The van der Waals surface area contributed by atoms with Gasteiger partial charge in [0.2, 0.25) is 5.95 Å². The topological polar surface area (TPSA) is 98.4 Å². The van der Waals surface area contributed by atoms with E-state index in [-0.39, 0.29) is 0 Å². The molecule has 4 rings (SSSR count). The van der Waals surface area contributed by atoms with Gasteiger partial charge in [-0.05, 0) is 38.1 Å². The Morgan fingerprint density at radius 1 is 1.14 bits per heavy atom. The highest BCUT2D eigenvalue weighted by atomic mass is 15.4. The van der Waals surface area contributed by atoms with Crippen LogP contribution in [0, 0.1) is 5.92 Å². The van der Waals surface area contributed by atoms with Crippen molar-refractivity contribution in [3.8, 4) is 11.5 Å². The van der Waals surface area contributed by atoms with Gasteiger partial charge in [-0.25, -0.2) is 0 Å². The Bertz CT molecular complexity index is 563. The number of H-pyrrole nitrogens is 2. The van der Waals surface area contributed by atoms with Gasteiger partial charge in [-0.3, -0.25) is 5.10 Å². The van der Waals surface area contributed by atoms with Crippen LogP contribution in [0.4, 0.5) is 5.95 Å². The number of anilines is 1. The molecule has 0 saturated carbocycles. The number of hydrogen-bond donors (Lipinski definition) is 3. The van der Waals surface area contributed by atoms with Gasteiger partial charge in [0.05, 0.1) is 6.20 Å². The van der Waals surface area contributed by atoms with Crippen molar-refractivity contribution >= 4 is 5.95 Å². The Labute approximate surface area is 122 Å². The average molecular weight is 288 g/mol. The lowest BCUT2D eigenvalue weighted by molar-refractivity contribution is 0.317. The molecule has 2 aromatic rings. The Morgan fingerprint density at radius 2 is 2.05 bits per heavy atom. The fourth-order valence-corrected chi connectivity index (χ4v) is 3.44. The minimum Gasteiger partial charge on any atom is -0.340 e. The van der Waals surface area contributed by atoms with E-state index < -0.39 is 0 Å². The van der Waals surface area contributed by atoms with E-state index in [2.05, 4.69) is 40.8 Å². The molecular formula is C13H20N8. The zero-order valence-corrected chi connectivity index (χ0v) is 11.9. The molecule has 0 bridgehead atoms. The molecule has 8 heteroatoms. The molecule has 3 N–H and O–H groups in total. The first-order valence-electron chi connectivity index (χ1n) is 7.67. The number of hydrogen-bond acceptors (Lipinski definition) is 6. The summed E-state index contributed by atoms with van der Waals surface area (Å²) in [6, 6.07) is 0.727. The first-order chi connectivity index (χ1) is 10.4. The molecule has 1 atom stereocenters. The van der Waals surface area contributed by atoms with Crippen molar-refractivity contribution in [2.24, 2.45) is 5.92 Å². The van der Waals surface area contributed by atoms with E-state index in [1.807, 2.05) is 0 Å². The highest BCUT2D eigenvalue weighted by Crippen LogP contribution is 2.27. The van der Waals surface area contributed by atoms with E-state index >= 15 is 0 Å². The zero-order valence-electron chi connectivity index (χ0n) is 11.9. The van der Waals surface area contributed by atoms with Crippen LogP contribution in [0.3, 0.4) is 0 Å². The van der Waals surface area contributed by atoms with Crippen molar-refractivity contribution in [2.45, 2.75) is 31.7 Å². The van der Waals surface area contributed by atoms with Crippen molar-refractivity contribution in [3.63, 3.8) is 0 Å². The molecule has 0 aromatic carbocycles. The molecule has 8 nitrogen and oxygen atoms in total. The minimum absolute atomic E-state index is 0.665. The van der Waals surface area contributed by atoms with Crippen LogP contribution in [-0.4, -0.2) is 56.3 Å². The molecule has 2 aliphatic heterocycles. The number of nitrogens with one attached hydrogen (secondary N) is 3. The smallest absolute Gasteiger partial charge is 0.245 e. The predicted octanol–water partition coefficient (Wildman–Crippen LogP) is 0.558. The molecule has 0 radical (unpaired) electrons. The van der Waals surface area contributed by atoms with Gasteiger partial charge in [-0.2, -0.15) is 20.4 Å². The zero-order chi connectivity index (χ0) is 14.1. The summed E-state index contributed by atoms with van der Waals surface area (Å²) in [5.74, 6) is 2.24. The van der Waals surface area contributed by atoms with Gasteiger partial charge < -0.3 is 10.2 Å². The molecular weight excluding hydrogens is 268 g/mol. The first kappa shape index (κ1) is 12.8. The van der Waals surface area contributed by atoms with Crippen molar-refractivity contribution in [2.75, 3.05) is 24.5 Å². The van der Waals surface area contributed by atoms with Gasteiger partial charge in [-0.1, -0.05) is 0 Å². The summed E-state index contributed by atoms with van der Waals surface area (Å²) < 4.78 is 0. The van der Waals surface area contributed by atoms with Crippen LogP contribution in [0.1, 0.15) is 25.7 Å². The average Bonchev–Trinajstić information content (AvgIpc) is 3.27. The normalized spacial score (nSPS) is 23.8. The van der Waals surface area contributed by atoms with Gasteiger partial charge in [0.15, 0.2) is 5.82 Å². The molecule has 2 aliphatic rings. The van der Waals surface area contributed by atoms with Gasteiger partial charge in [0.25, 0.3) is 0 Å². The molecule has 4 heterocycles.